The van der Waals surface area contributed by atoms with E-state index in [0.29, 0.717) is 13.0 Å². The van der Waals surface area contributed by atoms with Crippen molar-refractivity contribution in [2.24, 2.45) is 0 Å². The van der Waals surface area contributed by atoms with Gasteiger partial charge in [-0.25, -0.2) is 0 Å². The fourth-order valence-electron chi connectivity index (χ4n) is 3.25. The number of carbonyl (C=O) groups is 1. The Morgan fingerprint density at radius 3 is 2.58 bits per heavy atom. The van der Waals surface area contributed by atoms with Crippen LogP contribution in [0.2, 0.25) is 0 Å². The number of carbonyl (C=O) groups excluding carboxylic acids is 1. The highest BCUT2D eigenvalue weighted by Gasteiger charge is 2.20. The molecule has 0 saturated heterocycles. The van der Waals surface area contributed by atoms with E-state index in [1.807, 2.05) is 30.3 Å². The van der Waals surface area contributed by atoms with Crippen molar-refractivity contribution in [2.75, 3.05) is 6.61 Å². The van der Waals surface area contributed by atoms with Crippen LogP contribution in [0, 0.1) is 0 Å². The van der Waals surface area contributed by atoms with E-state index in [-0.39, 0.29) is 5.97 Å². The molecule has 1 aliphatic carbocycles. The lowest BCUT2D eigenvalue weighted by Gasteiger charge is -2.28. The van der Waals surface area contributed by atoms with Crippen molar-refractivity contribution in [2.45, 2.75) is 65.2 Å². The van der Waals surface area contributed by atoms with Gasteiger partial charge in [-0.3, -0.25) is 4.79 Å². The van der Waals surface area contributed by atoms with Gasteiger partial charge < -0.3 is 4.74 Å². The maximum Gasteiger partial charge on any atom is 0.310 e. The molecular weight excluding hydrogens is 296 g/mol. The van der Waals surface area contributed by atoms with Crippen LogP contribution >= 0.6 is 0 Å². The molecular formula is C22H30O2. The van der Waals surface area contributed by atoms with Crippen molar-refractivity contribution < 1.29 is 9.53 Å². The molecule has 0 saturated carbocycles. The third-order valence-electron chi connectivity index (χ3n) is 4.46. The van der Waals surface area contributed by atoms with Gasteiger partial charge in [0.2, 0.25) is 0 Å². The number of hydrogen-bond acceptors (Lipinski definition) is 2. The van der Waals surface area contributed by atoms with Gasteiger partial charge in [-0.2, -0.15) is 0 Å². The zero-order chi connectivity index (χ0) is 17.2. The molecule has 1 aromatic carbocycles. The Kier molecular flexibility index (Phi) is 7.81. The van der Waals surface area contributed by atoms with Crippen molar-refractivity contribution >= 4 is 5.97 Å². The van der Waals surface area contributed by atoms with Gasteiger partial charge in [0.05, 0.1) is 13.0 Å². The summed E-state index contributed by atoms with van der Waals surface area (Å²) in [5.41, 5.74) is 5.83. The Morgan fingerprint density at radius 2 is 1.88 bits per heavy atom. The quantitative estimate of drug-likeness (QED) is 0.402. The lowest BCUT2D eigenvalue weighted by atomic mass is 9.78. The normalized spacial score (nSPS) is 15.5. The summed E-state index contributed by atoms with van der Waals surface area (Å²) in [7, 11) is 0. The summed E-state index contributed by atoms with van der Waals surface area (Å²) in [4.78, 5) is 11.8. The number of ether oxygens (including phenoxy) is 1. The molecule has 0 atom stereocenters. The van der Waals surface area contributed by atoms with Gasteiger partial charge in [-0.05, 0) is 48.8 Å². The van der Waals surface area contributed by atoms with Gasteiger partial charge >= 0.3 is 5.97 Å². The summed E-state index contributed by atoms with van der Waals surface area (Å²) in [5, 5.41) is 0. The lowest BCUT2D eigenvalue weighted by Crippen LogP contribution is -2.10. The first-order chi connectivity index (χ1) is 11.7. The van der Waals surface area contributed by atoms with Crippen LogP contribution in [-0.2, 0) is 16.0 Å². The Bertz CT molecular complexity index is 581. The summed E-state index contributed by atoms with van der Waals surface area (Å²) in [6, 6.07) is 9.76. The first-order valence-corrected chi connectivity index (χ1v) is 9.34. The van der Waals surface area contributed by atoms with Crippen molar-refractivity contribution in [3.8, 4) is 0 Å². The number of hydrogen-bond donors (Lipinski definition) is 0. The molecule has 0 N–H and O–H groups in total. The molecule has 0 spiro atoms. The maximum atomic E-state index is 11.8. The molecule has 0 amide bonds. The van der Waals surface area contributed by atoms with Crippen molar-refractivity contribution in [1.82, 2.24) is 0 Å². The molecule has 2 heteroatoms. The second kappa shape index (κ2) is 10.1. The molecule has 0 unspecified atom stereocenters. The van der Waals surface area contributed by atoms with E-state index >= 15 is 0 Å². The van der Waals surface area contributed by atoms with Crippen LogP contribution in [0.5, 0.6) is 0 Å². The summed E-state index contributed by atoms with van der Waals surface area (Å²) in [5.74, 6) is -0.130. The molecule has 2 rings (SSSR count). The molecule has 0 bridgehead atoms. The van der Waals surface area contributed by atoms with Gasteiger partial charge in [0, 0.05) is 0 Å². The van der Waals surface area contributed by atoms with E-state index in [9.17, 15) is 4.79 Å². The molecule has 2 nitrogen and oxygen atoms in total. The van der Waals surface area contributed by atoms with Crippen LogP contribution in [0.25, 0.3) is 0 Å². The second-order valence-electron chi connectivity index (χ2n) is 6.51. The lowest BCUT2D eigenvalue weighted by molar-refractivity contribution is -0.142. The van der Waals surface area contributed by atoms with Crippen LogP contribution in [0.1, 0.15) is 64.4 Å². The third-order valence-corrected chi connectivity index (χ3v) is 4.46. The summed E-state index contributed by atoms with van der Waals surface area (Å²) < 4.78 is 5.33. The smallest absolute Gasteiger partial charge is 0.310 e. The average molecular weight is 326 g/mol. The number of esters is 1. The first kappa shape index (κ1) is 18.5. The van der Waals surface area contributed by atoms with E-state index < -0.39 is 0 Å². The third kappa shape index (κ3) is 5.67. The van der Waals surface area contributed by atoms with Crippen molar-refractivity contribution in [1.29, 1.82) is 0 Å². The van der Waals surface area contributed by atoms with Gasteiger partial charge in [-0.1, -0.05) is 68.7 Å². The average Bonchev–Trinajstić information content (AvgIpc) is 2.58. The summed E-state index contributed by atoms with van der Waals surface area (Å²) in [6.07, 6.45) is 10.7. The molecule has 24 heavy (non-hydrogen) atoms. The molecule has 0 heterocycles. The van der Waals surface area contributed by atoms with Gasteiger partial charge in [0.15, 0.2) is 0 Å². The van der Waals surface area contributed by atoms with Crippen LogP contribution in [0.4, 0.5) is 0 Å². The molecule has 0 radical (unpaired) electrons. The maximum absolute atomic E-state index is 11.8. The molecule has 130 valence electrons. The van der Waals surface area contributed by atoms with Gasteiger partial charge in [0.25, 0.3) is 0 Å². The highest BCUT2D eigenvalue weighted by Crippen LogP contribution is 2.39. The number of rotatable bonds is 10. The first-order valence-electron chi connectivity index (χ1n) is 9.34. The van der Waals surface area contributed by atoms with Crippen LogP contribution < -0.4 is 0 Å². The number of allylic oxidation sites excluding steroid dienone is 4. The van der Waals surface area contributed by atoms with E-state index in [1.54, 1.807) is 11.1 Å². The van der Waals surface area contributed by atoms with E-state index in [0.717, 1.165) is 18.4 Å². The van der Waals surface area contributed by atoms with E-state index in [1.165, 1.54) is 37.7 Å². The second-order valence-corrected chi connectivity index (χ2v) is 6.51. The minimum atomic E-state index is -0.130. The van der Waals surface area contributed by atoms with E-state index in [4.69, 9.17) is 4.74 Å². The molecule has 1 aliphatic rings. The number of unbranched alkanes of at least 4 members (excludes halogenated alkanes) is 1. The van der Waals surface area contributed by atoms with E-state index in [2.05, 4.69) is 19.9 Å². The van der Waals surface area contributed by atoms with Gasteiger partial charge in [-0.15, -0.1) is 0 Å². The SMILES string of the molecule is CCCC1=C(CCC)/C(=C/CCCOC(=O)Cc2ccccc2)C1. The summed E-state index contributed by atoms with van der Waals surface area (Å²) in [6.45, 7) is 5.02. The predicted octanol–water partition coefficient (Wildman–Crippen LogP) is 5.78. The zero-order valence-corrected chi connectivity index (χ0v) is 15.1. The Hall–Kier alpha value is -1.83. The van der Waals surface area contributed by atoms with Gasteiger partial charge in [0.1, 0.15) is 0 Å². The van der Waals surface area contributed by atoms with Crippen molar-refractivity contribution in [3.63, 3.8) is 0 Å². The molecule has 0 aromatic heterocycles. The topological polar surface area (TPSA) is 26.3 Å². The molecule has 0 aliphatic heterocycles. The highest BCUT2D eigenvalue weighted by atomic mass is 16.5. The Morgan fingerprint density at radius 1 is 1.12 bits per heavy atom. The van der Waals surface area contributed by atoms with Crippen LogP contribution in [0.3, 0.4) is 0 Å². The Labute approximate surface area is 146 Å². The fraction of sp³-hybridized carbons (Fsp3) is 0.500. The number of benzene rings is 1. The van der Waals surface area contributed by atoms with Crippen LogP contribution in [0.15, 0.2) is 53.1 Å². The molecule has 0 fully saturated rings. The molecule has 1 aromatic rings. The minimum absolute atomic E-state index is 0.130. The zero-order valence-electron chi connectivity index (χ0n) is 15.1. The van der Waals surface area contributed by atoms with Crippen LogP contribution in [-0.4, -0.2) is 12.6 Å². The minimum Gasteiger partial charge on any atom is -0.465 e. The largest absolute Gasteiger partial charge is 0.465 e. The highest BCUT2D eigenvalue weighted by molar-refractivity contribution is 5.72. The van der Waals surface area contributed by atoms with Crippen molar-refractivity contribution in [3.05, 3.63) is 58.7 Å². The monoisotopic (exact) mass is 326 g/mol. The standard InChI is InChI=1S/C22H30O2/c1-3-10-19-17-20(21(19)11-4-2)14-8-9-15-24-22(23)16-18-12-6-5-7-13-18/h5-7,12-14H,3-4,8-11,15-17H2,1-2H3/b20-14+. The predicted molar refractivity (Wildman–Crippen MR) is 99.9 cm³/mol. The summed E-state index contributed by atoms with van der Waals surface area (Å²) >= 11 is 0. The fourth-order valence-corrected chi connectivity index (χ4v) is 3.25. The Balaban J connectivity index is 1.67.